The quantitative estimate of drug-likeness (QED) is 0.732. The van der Waals surface area contributed by atoms with Crippen molar-refractivity contribution >= 4 is 17.2 Å². The van der Waals surface area contributed by atoms with Gasteiger partial charge >= 0.3 is 0 Å². The van der Waals surface area contributed by atoms with Gasteiger partial charge in [0.05, 0.1) is 24.1 Å². The van der Waals surface area contributed by atoms with Crippen molar-refractivity contribution in [2.45, 2.75) is 25.3 Å². The van der Waals surface area contributed by atoms with Crippen LogP contribution in [-0.4, -0.2) is 56.3 Å². The lowest BCUT2D eigenvalue weighted by atomic mass is 10.2. The third-order valence-corrected chi connectivity index (χ3v) is 3.62. The standard InChI is InChI=1S/C10H17N7S/c1-16(8-6-11-12-7-8)10(18)5-3-4-9-13-14-15-17(9)2/h8H,3-7H2,1-2H3. The number of aromatic nitrogens is 4. The number of azo groups is 1. The van der Waals surface area contributed by atoms with Gasteiger partial charge < -0.3 is 4.90 Å². The first-order valence-corrected chi connectivity index (χ1v) is 6.39. The number of hydrogen-bond donors (Lipinski definition) is 0. The Balaban J connectivity index is 1.73. The number of likely N-dealkylation sites (N-methyl/N-ethyl adjacent to an activating group) is 1. The highest BCUT2D eigenvalue weighted by molar-refractivity contribution is 7.80. The molecule has 2 heterocycles. The van der Waals surface area contributed by atoms with E-state index in [2.05, 4.69) is 30.7 Å². The predicted octanol–water partition coefficient (Wildman–Crippen LogP) is 0.626. The van der Waals surface area contributed by atoms with E-state index in [-0.39, 0.29) is 0 Å². The molecule has 0 bridgehead atoms. The number of nitrogens with zero attached hydrogens (tertiary/aromatic N) is 7. The van der Waals surface area contributed by atoms with Gasteiger partial charge in [0.15, 0.2) is 5.82 Å². The van der Waals surface area contributed by atoms with Crippen LogP contribution in [0.2, 0.25) is 0 Å². The van der Waals surface area contributed by atoms with Crippen LogP contribution in [0.4, 0.5) is 0 Å². The average Bonchev–Trinajstić information content (AvgIpc) is 3.00. The lowest BCUT2D eigenvalue weighted by molar-refractivity contribution is 0.400. The van der Waals surface area contributed by atoms with Gasteiger partial charge in [0.1, 0.15) is 0 Å². The number of thiocarbonyl (C=S) groups is 1. The van der Waals surface area contributed by atoms with Gasteiger partial charge in [0.25, 0.3) is 0 Å². The maximum atomic E-state index is 5.43. The minimum atomic E-state index is 0.342. The molecule has 0 N–H and O–H groups in total. The Bertz CT molecular complexity index is 433. The minimum absolute atomic E-state index is 0.342. The maximum Gasteiger partial charge on any atom is 0.150 e. The highest BCUT2D eigenvalue weighted by atomic mass is 32.1. The Morgan fingerprint density at radius 1 is 1.44 bits per heavy atom. The van der Waals surface area contributed by atoms with Crippen molar-refractivity contribution in [1.29, 1.82) is 0 Å². The van der Waals surface area contributed by atoms with Gasteiger partial charge in [-0.1, -0.05) is 12.2 Å². The smallest absolute Gasteiger partial charge is 0.150 e. The summed E-state index contributed by atoms with van der Waals surface area (Å²) in [7, 11) is 3.87. The van der Waals surface area contributed by atoms with Gasteiger partial charge in [0.2, 0.25) is 0 Å². The van der Waals surface area contributed by atoms with Crippen LogP contribution in [0.25, 0.3) is 0 Å². The average molecular weight is 267 g/mol. The van der Waals surface area contributed by atoms with E-state index in [1.165, 1.54) is 0 Å². The molecule has 98 valence electrons. The van der Waals surface area contributed by atoms with Crippen molar-refractivity contribution in [3.8, 4) is 0 Å². The number of hydrogen-bond acceptors (Lipinski definition) is 6. The molecule has 2 rings (SSSR count). The Hall–Kier alpha value is -1.44. The summed E-state index contributed by atoms with van der Waals surface area (Å²) in [4.78, 5) is 3.08. The summed E-state index contributed by atoms with van der Waals surface area (Å²) in [6.07, 6.45) is 2.67. The second-order valence-electron chi connectivity index (χ2n) is 4.38. The summed E-state index contributed by atoms with van der Waals surface area (Å²) in [5, 5.41) is 19.4. The van der Waals surface area contributed by atoms with E-state index >= 15 is 0 Å². The first kappa shape index (κ1) is 13.0. The van der Waals surface area contributed by atoms with Gasteiger partial charge in [-0.05, 0) is 23.3 Å². The zero-order valence-corrected chi connectivity index (χ0v) is 11.5. The van der Waals surface area contributed by atoms with Crippen LogP contribution in [0.3, 0.4) is 0 Å². The molecule has 0 aliphatic carbocycles. The molecule has 1 aliphatic rings. The zero-order valence-electron chi connectivity index (χ0n) is 10.7. The molecular weight excluding hydrogens is 250 g/mol. The summed E-state index contributed by atoms with van der Waals surface area (Å²) in [5.41, 5.74) is 0. The van der Waals surface area contributed by atoms with Crippen molar-refractivity contribution in [2.24, 2.45) is 17.3 Å². The second kappa shape index (κ2) is 5.94. The number of rotatable bonds is 5. The van der Waals surface area contributed by atoms with Crippen LogP contribution < -0.4 is 0 Å². The molecule has 0 spiro atoms. The molecule has 1 aliphatic heterocycles. The molecule has 0 saturated carbocycles. The van der Waals surface area contributed by atoms with Crippen molar-refractivity contribution in [3.63, 3.8) is 0 Å². The maximum absolute atomic E-state index is 5.43. The molecular formula is C10H17N7S. The van der Waals surface area contributed by atoms with Gasteiger partial charge in [-0.2, -0.15) is 10.2 Å². The fourth-order valence-corrected chi connectivity index (χ4v) is 2.14. The normalized spacial score (nSPS) is 15.2. The van der Waals surface area contributed by atoms with Crippen molar-refractivity contribution in [2.75, 3.05) is 20.1 Å². The van der Waals surface area contributed by atoms with E-state index in [1.807, 2.05) is 14.1 Å². The van der Waals surface area contributed by atoms with Crippen LogP contribution in [0, 0.1) is 0 Å². The molecule has 1 aromatic heterocycles. The van der Waals surface area contributed by atoms with E-state index < -0.39 is 0 Å². The number of tetrazole rings is 1. The van der Waals surface area contributed by atoms with Gasteiger partial charge in [-0.15, -0.1) is 5.10 Å². The summed E-state index contributed by atoms with van der Waals surface area (Å²) in [5.74, 6) is 0.895. The van der Waals surface area contributed by atoms with Crippen LogP contribution >= 0.6 is 12.2 Å². The van der Waals surface area contributed by atoms with E-state index in [0.29, 0.717) is 6.04 Å². The van der Waals surface area contributed by atoms with E-state index in [0.717, 1.165) is 43.2 Å². The molecule has 0 atom stereocenters. The lowest BCUT2D eigenvalue weighted by Crippen LogP contribution is -2.38. The van der Waals surface area contributed by atoms with Crippen molar-refractivity contribution < 1.29 is 0 Å². The monoisotopic (exact) mass is 267 g/mol. The summed E-state index contributed by atoms with van der Waals surface area (Å²) in [6, 6.07) is 0.342. The van der Waals surface area contributed by atoms with Gasteiger partial charge in [-0.25, -0.2) is 4.68 Å². The summed E-state index contributed by atoms with van der Waals surface area (Å²) in [6.45, 7) is 1.51. The molecule has 0 radical (unpaired) electrons. The van der Waals surface area contributed by atoms with Crippen LogP contribution in [-0.2, 0) is 13.5 Å². The zero-order chi connectivity index (χ0) is 13.0. The third kappa shape index (κ3) is 3.06. The Labute approximate surface area is 111 Å². The van der Waals surface area contributed by atoms with E-state index in [4.69, 9.17) is 12.2 Å². The summed E-state index contributed by atoms with van der Waals surface area (Å²) < 4.78 is 1.70. The van der Waals surface area contributed by atoms with Gasteiger partial charge in [0, 0.05) is 20.5 Å². The SMILES string of the molecule is CN(C(=S)CCCc1nnnn1C)C1CN=NC1. The van der Waals surface area contributed by atoms with Crippen molar-refractivity contribution in [3.05, 3.63) is 5.82 Å². The topological polar surface area (TPSA) is 71.6 Å². The first-order chi connectivity index (χ1) is 8.68. The third-order valence-electron chi connectivity index (χ3n) is 3.12. The largest absolute Gasteiger partial charge is 0.362 e. The Morgan fingerprint density at radius 2 is 2.17 bits per heavy atom. The van der Waals surface area contributed by atoms with E-state index in [1.54, 1.807) is 4.68 Å². The lowest BCUT2D eigenvalue weighted by Gasteiger charge is -2.25. The molecule has 0 fully saturated rings. The fourth-order valence-electron chi connectivity index (χ4n) is 1.84. The van der Waals surface area contributed by atoms with E-state index in [9.17, 15) is 0 Å². The van der Waals surface area contributed by atoms with Crippen LogP contribution in [0.1, 0.15) is 18.7 Å². The molecule has 1 aromatic rings. The minimum Gasteiger partial charge on any atom is -0.362 e. The highest BCUT2D eigenvalue weighted by Crippen LogP contribution is 2.10. The van der Waals surface area contributed by atoms with Crippen LogP contribution in [0.15, 0.2) is 10.2 Å². The van der Waals surface area contributed by atoms with Crippen molar-refractivity contribution in [1.82, 2.24) is 25.1 Å². The predicted molar refractivity (Wildman–Crippen MR) is 70.5 cm³/mol. The second-order valence-corrected chi connectivity index (χ2v) is 4.85. The van der Waals surface area contributed by atoms with Gasteiger partial charge in [-0.3, -0.25) is 0 Å². The molecule has 0 amide bonds. The molecule has 0 aromatic carbocycles. The Morgan fingerprint density at radius 3 is 2.78 bits per heavy atom. The molecule has 0 saturated heterocycles. The Kier molecular flexibility index (Phi) is 4.29. The molecule has 8 heteroatoms. The fraction of sp³-hybridized carbons (Fsp3) is 0.800. The molecule has 7 nitrogen and oxygen atoms in total. The van der Waals surface area contributed by atoms with Crippen LogP contribution in [0.5, 0.6) is 0 Å². The summed E-state index contributed by atoms with van der Waals surface area (Å²) >= 11 is 5.43. The molecule has 0 unspecified atom stereocenters. The highest BCUT2D eigenvalue weighted by Gasteiger charge is 2.19. The molecule has 18 heavy (non-hydrogen) atoms. The number of aryl methyl sites for hydroxylation is 2. The first-order valence-electron chi connectivity index (χ1n) is 5.98.